The lowest BCUT2D eigenvalue weighted by molar-refractivity contribution is 0.596. The van der Waals surface area contributed by atoms with Gasteiger partial charge in [0, 0.05) is 23.5 Å². The lowest BCUT2D eigenvalue weighted by atomic mass is 10.1. The van der Waals surface area contributed by atoms with Crippen LogP contribution in [-0.4, -0.2) is 4.55 Å². The zero-order valence-electron chi connectivity index (χ0n) is 6.69. The predicted octanol–water partition coefficient (Wildman–Crippen LogP) is 0.268. The van der Waals surface area contributed by atoms with E-state index in [0.717, 1.165) is 11.1 Å². The quantitative estimate of drug-likeness (QED) is 0.662. The van der Waals surface area contributed by atoms with Crippen molar-refractivity contribution in [1.82, 2.24) is 0 Å². The van der Waals surface area contributed by atoms with Crippen molar-refractivity contribution in [3.05, 3.63) is 35.4 Å². The fraction of sp³-hybridized carbons (Fsp3) is 0.250. The average molecular weight is 184 g/mol. The second kappa shape index (κ2) is 4.47. The van der Waals surface area contributed by atoms with Crippen LogP contribution in [0.25, 0.3) is 0 Å². The van der Waals surface area contributed by atoms with Gasteiger partial charge in [0.1, 0.15) is 5.75 Å². The first-order valence-corrected chi connectivity index (χ1v) is 5.01. The third-order valence-corrected chi connectivity index (χ3v) is 2.15. The molecular weight excluding hydrogens is 172 g/mol. The van der Waals surface area contributed by atoms with Gasteiger partial charge in [-0.2, -0.15) is 5.14 Å². The van der Waals surface area contributed by atoms with Crippen LogP contribution in [-0.2, 0) is 23.7 Å². The summed E-state index contributed by atoms with van der Waals surface area (Å²) in [4.78, 5) is 0. The summed E-state index contributed by atoms with van der Waals surface area (Å²) in [5, 5.41) is 5.16. The normalized spacial score (nSPS) is 12.9. The van der Waals surface area contributed by atoms with E-state index in [1.807, 2.05) is 24.3 Å². The van der Waals surface area contributed by atoms with Crippen molar-refractivity contribution in [2.75, 3.05) is 0 Å². The molecule has 4 N–H and O–H groups in total. The van der Waals surface area contributed by atoms with Crippen molar-refractivity contribution in [2.45, 2.75) is 12.3 Å². The van der Waals surface area contributed by atoms with Crippen LogP contribution in [0.4, 0.5) is 0 Å². The Morgan fingerprint density at radius 2 is 2.00 bits per heavy atom. The van der Waals surface area contributed by atoms with E-state index < -0.39 is 11.4 Å². The standard InChI is InChI=1S/C8H12N2OS/c9-5-7-2-1-3-8(4-7)6-12(10)11/h1-4H,5-6,9-10H2. The summed E-state index contributed by atoms with van der Waals surface area (Å²) in [5.41, 5.74) is 7.45. The van der Waals surface area contributed by atoms with Crippen molar-refractivity contribution in [2.24, 2.45) is 10.9 Å². The molecule has 0 fully saturated rings. The number of nitrogens with two attached hydrogens (primary N) is 2. The number of hydrogen-bond donors (Lipinski definition) is 2. The molecule has 1 atom stereocenters. The fourth-order valence-electron chi connectivity index (χ4n) is 1.01. The molecule has 0 saturated heterocycles. The topological polar surface area (TPSA) is 75.1 Å². The van der Waals surface area contributed by atoms with E-state index in [0.29, 0.717) is 12.3 Å². The molecule has 0 spiro atoms. The molecule has 0 amide bonds. The summed E-state index contributed by atoms with van der Waals surface area (Å²) in [6.07, 6.45) is 0. The highest BCUT2D eigenvalue weighted by Crippen LogP contribution is 2.06. The molecule has 66 valence electrons. The largest absolute Gasteiger partial charge is 0.598 e. The maximum absolute atomic E-state index is 10.7. The van der Waals surface area contributed by atoms with Crippen molar-refractivity contribution in [1.29, 1.82) is 0 Å². The minimum atomic E-state index is -1.27. The molecule has 12 heavy (non-hydrogen) atoms. The first-order valence-electron chi connectivity index (χ1n) is 3.63. The Balaban J connectivity index is 2.72. The number of rotatable bonds is 3. The lowest BCUT2D eigenvalue weighted by Crippen LogP contribution is -2.14. The SMILES string of the molecule is NCc1cccc(C[S+](N)[O-])c1. The minimum absolute atomic E-state index is 0.397. The third kappa shape index (κ3) is 2.83. The molecule has 0 aliphatic rings. The van der Waals surface area contributed by atoms with Crippen LogP contribution in [0.5, 0.6) is 0 Å². The van der Waals surface area contributed by atoms with Crippen LogP contribution >= 0.6 is 0 Å². The third-order valence-electron chi connectivity index (χ3n) is 1.54. The van der Waals surface area contributed by atoms with Gasteiger partial charge >= 0.3 is 0 Å². The molecule has 1 rings (SSSR count). The average Bonchev–Trinajstić information content (AvgIpc) is 2.03. The Kier molecular flexibility index (Phi) is 3.55. The highest BCUT2D eigenvalue weighted by atomic mass is 32.2. The maximum Gasteiger partial charge on any atom is 0.150 e. The van der Waals surface area contributed by atoms with Crippen molar-refractivity contribution in [3.63, 3.8) is 0 Å². The lowest BCUT2D eigenvalue weighted by Gasteiger charge is -2.04. The summed E-state index contributed by atoms with van der Waals surface area (Å²) in [6, 6.07) is 7.64. The zero-order valence-corrected chi connectivity index (χ0v) is 7.51. The Bertz CT molecular complexity index is 253. The summed E-state index contributed by atoms with van der Waals surface area (Å²) >= 11 is -1.27. The molecule has 1 aromatic carbocycles. The van der Waals surface area contributed by atoms with E-state index in [4.69, 9.17) is 10.9 Å². The minimum Gasteiger partial charge on any atom is -0.598 e. The second-order valence-electron chi connectivity index (χ2n) is 2.55. The molecule has 0 saturated carbocycles. The van der Waals surface area contributed by atoms with Gasteiger partial charge in [-0.15, -0.1) is 0 Å². The molecule has 1 aromatic rings. The van der Waals surface area contributed by atoms with E-state index in [1.54, 1.807) is 0 Å². The molecule has 0 aliphatic carbocycles. The van der Waals surface area contributed by atoms with Crippen LogP contribution in [0.1, 0.15) is 11.1 Å². The van der Waals surface area contributed by atoms with E-state index in [9.17, 15) is 4.55 Å². The van der Waals surface area contributed by atoms with Crippen molar-refractivity contribution in [3.8, 4) is 0 Å². The van der Waals surface area contributed by atoms with Crippen LogP contribution < -0.4 is 10.9 Å². The number of benzene rings is 1. The van der Waals surface area contributed by atoms with Gasteiger partial charge in [-0.1, -0.05) is 18.2 Å². The highest BCUT2D eigenvalue weighted by Gasteiger charge is 2.01. The van der Waals surface area contributed by atoms with Gasteiger partial charge < -0.3 is 10.3 Å². The Hall–Kier alpha value is -0.550. The first kappa shape index (κ1) is 9.54. The smallest absolute Gasteiger partial charge is 0.150 e. The molecule has 0 aliphatic heterocycles. The van der Waals surface area contributed by atoms with Crippen LogP contribution in [0.2, 0.25) is 0 Å². The zero-order chi connectivity index (χ0) is 8.97. The van der Waals surface area contributed by atoms with Crippen LogP contribution in [0, 0.1) is 0 Å². The molecule has 0 bridgehead atoms. The number of hydrogen-bond acceptors (Lipinski definition) is 3. The molecule has 0 aromatic heterocycles. The van der Waals surface area contributed by atoms with Crippen molar-refractivity contribution < 1.29 is 4.55 Å². The van der Waals surface area contributed by atoms with Crippen molar-refractivity contribution >= 4 is 11.4 Å². The maximum atomic E-state index is 10.7. The molecule has 0 heterocycles. The molecule has 4 heteroatoms. The van der Waals surface area contributed by atoms with E-state index >= 15 is 0 Å². The van der Waals surface area contributed by atoms with Gasteiger partial charge in [-0.25, -0.2) is 0 Å². The molecular formula is C8H12N2OS. The Labute approximate surface area is 75.1 Å². The van der Waals surface area contributed by atoms with Crippen LogP contribution in [0.15, 0.2) is 24.3 Å². The summed E-state index contributed by atoms with van der Waals surface area (Å²) in [7, 11) is 0. The van der Waals surface area contributed by atoms with Gasteiger partial charge in [-0.05, 0) is 11.6 Å². The van der Waals surface area contributed by atoms with E-state index in [2.05, 4.69) is 0 Å². The Morgan fingerprint density at radius 3 is 2.58 bits per heavy atom. The summed E-state index contributed by atoms with van der Waals surface area (Å²) in [5.74, 6) is 0.397. The van der Waals surface area contributed by atoms with Gasteiger partial charge in [-0.3, -0.25) is 0 Å². The molecule has 3 nitrogen and oxygen atoms in total. The summed E-state index contributed by atoms with van der Waals surface area (Å²) in [6.45, 7) is 0.505. The second-order valence-corrected chi connectivity index (χ2v) is 3.60. The van der Waals surface area contributed by atoms with Gasteiger partial charge in [0.05, 0.1) is 0 Å². The monoisotopic (exact) mass is 184 g/mol. The van der Waals surface area contributed by atoms with Crippen LogP contribution in [0.3, 0.4) is 0 Å². The summed E-state index contributed by atoms with van der Waals surface area (Å²) < 4.78 is 10.7. The van der Waals surface area contributed by atoms with Gasteiger partial charge in [0.25, 0.3) is 0 Å². The Morgan fingerprint density at radius 1 is 1.33 bits per heavy atom. The highest BCUT2D eigenvalue weighted by molar-refractivity contribution is 7.88. The van der Waals surface area contributed by atoms with Gasteiger partial charge in [0.15, 0.2) is 0 Å². The molecule has 0 radical (unpaired) electrons. The predicted molar refractivity (Wildman–Crippen MR) is 50.4 cm³/mol. The fourth-order valence-corrected chi connectivity index (χ4v) is 1.52. The van der Waals surface area contributed by atoms with E-state index in [1.165, 1.54) is 0 Å². The van der Waals surface area contributed by atoms with Gasteiger partial charge in [0.2, 0.25) is 0 Å². The molecule has 1 unspecified atom stereocenters. The first-order chi connectivity index (χ1) is 5.72. The van der Waals surface area contributed by atoms with E-state index in [-0.39, 0.29) is 0 Å².